The smallest absolute Gasteiger partial charge is 0.241 e. The van der Waals surface area contributed by atoms with Gasteiger partial charge in [-0.15, -0.1) is 12.4 Å². The van der Waals surface area contributed by atoms with Crippen molar-refractivity contribution in [3.63, 3.8) is 0 Å². The molecule has 90 valence electrons. The molecule has 1 aromatic heterocycles. The second-order valence-corrected chi connectivity index (χ2v) is 3.44. The summed E-state index contributed by atoms with van der Waals surface area (Å²) in [6.07, 6.45) is 3.09. The zero-order valence-electron chi connectivity index (χ0n) is 9.47. The van der Waals surface area contributed by atoms with E-state index in [0.29, 0.717) is 11.6 Å². The van der Waals surface area contributed by atoms with Gasteiger partial charge in [0.25, 0.3) is 0 Å². The standard InChI is InChI=1S/C9H15N5O.ClH/c1-6(10)8(15)13-7-4-11-9(12-5-7)14(2)3;/h4-6H,10H2,1-3H3,(H,13,15);1H. The molecule has 0 saturated carbocycles. The van der Waals surface area contributed by atoms with Crippen LogP contribution in [0.25, 0.3) is 0 Å². The van der Waals surface area contributed by atoms with Gasteiger partial charge in [0.05, 0.1) is 24.1 Å². The minimum absolute atomic E-state index is 0. The van der Waals surface area contributed by atoms with E-state index in [1.807, 2.05) is 14.1 Å². The Bertz CT molecular complexity index is 338. The highest BCUT2D eigenvalue weighted by Crippen LogP contribution is 2.07. The van der Waals surface area contributed by atoms with E-state index in [0.717, 1.165) is 0 Å². The molecule has 1 rings (SSSR count). The van der Waals surface area contributed by atoms with Crippen molar-refractivity contribution in [2.45, 2.75) is 13.0 Å². The van der Waals surface area contributed by atoms with Crippen LogP contribution in [0.15, 0.2) is 12.4 Å². The lowest BCUT2D eigenvalue weighted by molar-refractivity contribution is -0.117. The lowest BCUT2D eigenvalue weighted by Gasteiger charge is -2.11. The third kappa shape index (κ3) is 4.00. The number of carbonyl (C=O) groups excluding carboxylic acids is 1. The fraction of sp³-hybridized carbons (Fsp3) is 0.444. The summed E-state index contributed by atoms with van der Waals surface area (Å²) in [5.41, 5.74) is 5.95. The molecule has 16 heavy (non-hydrogen) atoms. The van der Waals surface area contributed by atoms with E-state index in [1.54, 1.807) is 24.2 Å². The first kappa shape index (κ1) is 14.6. The number of nitrogens with one attached hydrogen (secondary N) is 1. The normalized spacial score (nSPS) is 11.2. The molecule has 0 bridgehead atoms. The van der Waals surface area contributed by atoms with Crippen molar-refractivity contribution in [3.05, 3.63) is 12.4 Å². The topological polar surface area (TPSA) is 84.1 Å². The van der Waals surface area contributed by atoms with Crippen LogP contribution in [0.1, 0.15) is 6.92 Å². The van der Waals surface area contributed by atoms with Gasteiger partial charge in [0.15, 0.2) is 0 Å². The van der Waals surface area contributed by atoms with Crippen LogP contribution in [-0.4, -0.2) is 36.0 Å². The summed E-state index contributed by atoms with van der Waals surface area (Å²) < 4.78 is 0. The molecular formula is C9H16ClN5O. The molecule has 0 aliphatic carbocycles. The van der Waals surface area contributed by atoms with E-state index < -0.39 is 6.04 Å². The Labute approximate surface area is 101 Å². The quantitative estimate of drug-likeness (QED) is 0.798. The second-order valence-electron chi connectivity index (χ2n) is 3.44. The third-order valence-electron chi connectivity index (χ3n) is 1.72. The van der Waals surface area contributed by atoms with Crippen LogP contribution in [0.2, 0.25) is 0 Å². The van der Waals surface area contributed by atoms with Crippen LogP contribution >= 0.6 is 12.4 Å². The number of hydrogen-bond donors (Lipinski definition) is 2. The highest BCUT2D eigenvalue weighted by molar-refractivity contribution is 5.94. The molecule has 3 N–H and O–H groups in total. The van der Waals surface area contributed by atoms with Gasteiger partial charge >= 0.3 is 0 Å². The lowest BCUT2D eigenvalue weighted by atomic mass is 10.3. The van der Waals surface area contributed by atoms with Gasteiger partial charge in [-0.1, -0.05) is 0 Å². The molecule has 1 atom stereocenters. The maximum atomic E-state index is 11.2. The average molecular weight is 246 g/mol. The number of aromatic nitrogens is 2. The number of nitrogens with zero attached hydrogens (tertiary/aromatic N) is 3. The molecular weight excluding hydrogens is 230 g/mol. The zero-order valence-corrected chi connectivity index (χ0v) is 10.3. The Morgan fingerprint density at radius 1 is 1.44 bits per heavy atom. The summed E-state index contributed by atoms with van der Waals surface area (Å²) >= 11 is 0. The number of carbonyl (C=O) groups is 1. The molecule has 1 heterocycles. The fourth-order valence-corrected chi connectivity index (χ4v) is 0.873. The Balaban J connectivity index is 0.00000225. The van der Waals surface area contributed by atoms with E-state index in [1.165, 1.54) is 0 Å². The Kier molecular flexibility index (Phi) is 5.69. The van der Waals surface area contributed by atoms with Crippen molar-refractivity contribution in [1.82, 2.24) is 9.97 Å². The van der Waals surface area contributed by atoms with Gasteiger partial charge in [-0.25, -0.2) is 9.97 Å². The Hall–Kier alpha value is -1.40. The van der Waals surface area contributed by atoms with Crippen LogP contribution in [-0.2, 0) is 4.79 Å². The largest absolute Gasteiger partial charge is 0.347 e. The predicted molar refractivity (Wildman–Crippen MR) is 65.9 cm³/mol. The summed E-state index contributed by atoms with van der Waals surface area (Å²) in [7, 11) is 3.69. The van der Waals surface area contributed by atoms with Gasteiger partial charge in [0.2, 0.25) is 11.9 Å². The van der Waals surface area contributed by atoms with Crippen LogP contribution in [0.3, 0.4) is 0 Å². The van der Waals surface area contributed by atoms with Crippen LogP contribution < -0.4 is 16.0 Å². The molecule has 0 fully saturated rings. The lowest BCUT2D eigenvalue weighted by Crippen LogP contribution is -2.32. The van der Waals surface area contributed by atoms with Crippen molar-refractivity contribution in [3.8, 4) is 0 Å². The average Bonchev–Trinajstić information content (AvgIpc) is 2.18. The summed E-state index contributed by atoms with van der Waals surface area (Å²) in [5, 5.41) is 2.60. The fourth-order valence-electron chi connectivity index (χ4n) is 0.873. The third-order valence-corrected chi connectivity index (χ3v) is 1.72. The molecule has 0 aliphatic heterocycles. The molecule has 1 aromatic rings. The first-order chi connectivity index (χ1) is 7.00. The molecule has 1 unspecified atom stereocenters. The minimum atomic E-state index is -0.543. The molecule has 6 nitrogen and oxygen atoms in total. The van der Waals surface area contributed by atoms with E-state index in [4.69, 9.17) is 5.73 Å². The van der Waals surface area contributed by atoms with Gasteiger partial charge in [0.1, 0.15) is 0 Å². The summed E-state index contributed by atoms with van der Waals surface area (Å²) in [5.74, 6) is 0.338. The predicted octanol–water partition coefficient (Wildman–Crippen LogP) is 0.250. The summed E-state index contributed by atoms with van der Waals surface area (Å²) in [6, 6.07) is -0.543. The summed E-state index contributed by atoms with van der Waals surface area (Å²) in [4.78, 5) is 21.1. The van der Waals surface area contributed by atoms with Crippen molar-refractivity contribution >= 4 is 29.9 Å². The van der Waals surface area contributed by atoms with E-state index in [-0.39, 0.29) is 18.3 Å². The van der Waals surface area contributed by atoms with Crippen LogP contribution in [0.4, 0.5) is 11.6 Å². The molecule has 0 radical (unpaired) electrons. The highest BCUT2D eigenvalue weighted by Gasteiger charge is 2.08. The van der Waals surface area contributed by atoms with E-state index >= 15 is 0 Å². The summed E-state index contributed by atoms with van der Waals surface area (Å²) in [6.45, 7) is 1.62. The highest BCUT2D eigenvalue weighted by atomic mass is 35.5. The van der Waals surface area contributed by atoms with Crippen LogP contribution in [0, 0.1) is 0 Å². The molecule has 0 saturated heterocycles. The van der Waals surface area contributed by atoms with E-state index in [2.05, 4.69) is 15.3 Å². The van der Waals surface area contributed by atoms with Gasteiger partial charge in [-0.2, -0.15) is 0 Å². The first-order valence-electron chi connectivity index (χ1n) is 4.56. The van der Waals surface area contributed by atoms with Crippen molar-refractivity contribution in [2.24, 2.45) is 5.73 Å². The first-order valence-corrected chi connectivity index (χ1v) is 4.56. The van der Waals surface area contributed by atoms with Gasteiger partial charge in [-0.3, -0.25) is 4.79 Å². The van der Waals surface area contributed by atoms with Crippen molar-refractivity contribution < 1.29 is 4.79 Å². The molecule has 0 aliphatic rings. The monoisotopic (exact) mass is 245 g/mol. The van der Waals surface area contributed by atoms with Crippen molar-refractivity contribution in [1.29, 1.82) is 0 Å². The molecule has 7 heteroatoms. The number of amides is 1. The second kappa shape index (κ2) is 6.24. The number of rotatable bonds is 3. The minimum Gasteiger partial charge on any atom is -0.347 e. The molecule has 0 spiro atoms. The van der Waals surface area contributed by atoms with Crippen LogP contribution in [0.5, 0.6) is 0 Å². The maximum Gasteiger partial charge on any atom is 0.241 e. The molecule has 0 aromatic carbocycles. The zero-order chi connectivity index (χ0) is 11.4. The Morgan fingerprint density at radius 3 is 2.31 bits per heavy atom. The van der Waals surface area contributed by atoms with Gasteiger partial charge in [-0.05, 0) is 6.92 Å². The number of anilines is 2. The van der Waals surface area contributed by atoms with Gasteiger partial charge in [0, 0.05) is 14.1 Å². The molecule has 1 amide bonds. The number of halogens is 1. The van der Waals surface area contributed by atoms with Gasteiger partial charge < -0.3 is 16.0 Å². The van der Waals surface area contributed by atoms with E-state index in [9.17, 15) is 4.79 Å². The Morgan fingerprint density at radius 2 is 1.94 bits per heavy atom. The maximum absolute atomic E-state index is 11.2. The SMILES string of the molecule is CC(N)C(=O)Nc1cnc(N(C)C)nc1.Cl. The number of nitrogens with two attached hydrogens (primary N) is 1. The number of hydrogen-bond acceptors (Lipinski definition) is 5. The van der Waals surface area contributed by atoms with Crippen molar-refractivity contribution in [2.75, 3.05) is 24.3 Å².